The molecule has 2 aliphatic heterocycles. The Bertz CT molecular complexity index is 1280. The van der Waals surface area contributed by atoms with E-state index < -0.39 is 35.4 Å². The van der Waals surface area contributed by atoms with Crippen molar-refractivity contribution >= 4 is 28.2 Å². The number of carbonyl (C=O) groups is 1. The van der Waals surface area contributed by atoms with Crippen molar-refractivity contribution in [3.8, 4) is 0 Å². The van der Waals surface area contributed by atoms with E-state index in [1.807, 2.05) is 0 Å². The van der Waals surface area contributed by atoms with Gasteiger partial charge in [-0.1, -0.05) is 12.1 Å². The molecule has 5 rings (SSSR count). The fourth-order valence-corrected chi connectivity index (χ4v) is 5.20. The minimum Gasteiger partial charge on any atom is -0.392 e. The number of aliphatic hydroxyl groups excluding tert-OH is 1. The number of hydrogen-bond acceptors (Lipinski definition) is 4. The second-order valence-corrected chi connectivity index (χ2v) is 8.58. The van der Waals surface area contributed by atoms with Gasteiger partial charge in [0, 0.05) is 29.5 Å². The maximum absolute atomic E-state index is 13.9. The highest BCUT2D eigenvalue weighted by Crippen LogP contribution is 2.44. The molecule has 33 heavy (non-hydrogen) atoms. The maximum atomic E-state index is 13.9. The Morgan fingerprint density at radius 1 is 1.12 bits per heavy atom. The molecule has 2 aliphatic rings. The van der Waals surface area contributed by atoms with E-state index in [9.17, 15) is 27.9 Å². The highest BCUT2D eigenvalue weighted by atomic mass is 19.4. The lowest BCUT2D eigenvalue weighted by Crippen LogP contribution is -2.28. The molecule has 0 atom stereocenters. The van der Waals surface area contributed by atoms with E-state index in [4.69, 9.17) is 0 Å². The van der Waals surface area contributed by atoms with Gasteiger partial charge in [0.25, 0.3) is 5.91 Å². The van der Waals surface area contributed by atoms with Crippen molar-refractivity contribution in [3.63, 3.8) is 0 Å². The molecule has 6 nitrogen and oxygen atoms in total. The molecule has 0 radical (unpaired) electrons. The van der Waals surface area contributed by atoms with E-state index in [1.54, 1.807) is 24.3 Å². The van der Waals surface area contributed by atoms with Crippen molar-refractivity contribution in [3.05, 3.63) is 69.5 Å². The topological polar surface area (TPSA) is 85.4 Å². The molecule has 1 aromatic heterocycles. The molecule has 172 valence electrons. The molecule has 3 aromatic rings. The Labute approximate surface area is 187 Å². The number of alkyl halides is 3. The van der Waals surface area contributed by atoms with Crippen LogP contribution in [0, 0.1) is 0 Å². The lowest BCUT2D eigenvalue weighted by Gasteiger charge is -2.26. The Hall–Kier alpha value is -3.33. The number of amides is 1. The van der Waals surface area contributed by atoms with E-state index >= 15 is 0 Å². The van der Waals surface area contributed by atoms with Gasteiger partial charge in [-0.3, -0.25) is 9.59 Å². The third-order valence-electron chi connectivity index (χ3n) is 6.72. The molecule has 0 spiro atoms. The average molecular weight is 457 g/mol. The number of hydrogen-bond donors (Lipinski definition) is 3. The second kappa shape index (κ2) is 7.91. The van der Waals surface area contributed by atoms with Gasteiger partial charge in [-0.25, -0.2) is 0 Å². The molecular weight excluding hydrogens is 435 g/mol. The van der Waals surface area contributed by atoms with Crippen LogP contribution in [0.5, 0.6) is 0 Å². The number of aromatic nitrogens is 1. The van der Waals surface area contributed by atoms with Crippen LogP contribution < -0.4 is 15.6 Å². The van der Waals surface area contributed by atoms with Gasteiger partial charge in [0.1, 0.15) is 5.56 Å². The number of fused-ring (bicyclic) bond motifs is 3. The molecule has 2 bridgehead atoms. The first-order valence-corrected chi connectivity index (χ1v) is 10.8. The van der Waals surface area contributed by atoms with Gasteiger partial charge in [0.2, 0.25) is 5.43 Å². The standard InChI is InChI=1S/C24H22F3N3O3/c25-24(26,27)18-10-16(30-14-4-5-15(30)7-6-14)8-9-19(18)29-23(33)17-11-28-20-3-1-2-13(12-31)21(20)22(17)32/h1-3,8-11,14-15,31H,4-7,12H2,(H,28,32)(H,29,33). The van der Waals surface area contributed by atoms with Crippen LogP contribution in [0.2, 0.25) is 0 Å². The second-order valence-electron chi connectivity index (χ2n) is 8.58. The van der Waals surface area contributed by atoms with E-state index in [0.29, 0.717) is 16.8 Å². The monoisotopic (exact) mass is 457 g/mol. The summed E-state index contributed by atoms with van der Waals surface area (Å²) in [7, 11) is 0. The summed E-state index contributed by atoms with van der Waals surface area (Å²) in [6.45, 7) is -0.413. The van der Waals surface area contributed by atoms with Crippen LogP contribution in [-0.4, -0.2) is 28.1 Å². The number of aromatic amines is 1. The third-order valence-corrected chi connectivity index (χ3v) is 6.72. The highest BCUT2D eigenvalue weighted by Gasteiger charge is 2.41. The number of H-pyrrole nitrogens is 1. The third kappa shape index (κ3) is 3.66. The number of aliphatic hydroxyl groups is 1. The highest BCUT2D eigenvalue weighted by molar-refractivity contribution is 6.06. The summed E-state index contributed by atoms with van der Waals surface area (Å²) in [6.07, 6.45) is 0.397. The number of nitrogens with zero attached hydrogens (tertiary/aromatic N) is 1. The summed E-state index contributed by atoms with van der Waals surface area (Å²) in [5.41, 5.74) is -1.11. The number of benzene rings is 2. The predicted octanol–water partition coefficient (Wildman–Crippen LogP) is 4.42. The number of pyridine rings is 1. The van der Waals surface area contributed by atoms with E-state index in [1.165, 1.54) is 12.3 Å². The molecular formula is C24H22F3N3O3. The largest absolute Gasteiger partial charge is 0.418 e. The van der Waals surface area contributed by atoms with Gasteiger partial charge >= 0.3 is 6.18 Å². The zero-order valence-corrected chi connectivity index (χ0v) is 17.6. The SMILES string of the molecule is O=C(Nc1ccc(N2C3CCC2CC3)cc1C(F)(F)F)c1c[nH]c2cccc(CO)c2c1=O. The first-order chi connectivity index (χ1) is 15.8. The van der Waals surface area contributed by atoms with Crippen molar-refractivity contribution in [2.45, 2.75) is 50.6 Å². The van der Waals surface area contributed by atoms with Crippen molar-refractivity contribution in [2.75, 3.05) is 10.2 Å². The molecule has 1 amide bonds. The summed E-state index contributed by atoms with van der Waals surface area (Å²) >= 11 is 0. The van der Waals surface area contributed by atoms with Gasteiger partial charge in [-0.15, -0.1) is 0 Å². The number of nitrogens with one attached hydrogen (secondary N) is 2. The van der Waals surface area contributed by atoms with E-state index in [0.717, 1.165) is 31.7 Å². The van der Waals surface area contributed by atoms with Crippen LogP contribution in [0.25, 0.3) is 10.9 Å². The van der Waals surface area contributed by atoms with Crippen LogP contribution in [0.1, 0.15) is 47.2 Å². The average Bonchev–Trinajstić information content (AvgIpc) is 3.39. The maximum Gasteiger partial charge on any atom is 0.418 e. The van der Waals surface area contributed by atoms with Crippen LogP contribution in [-0.2, 0) is 12.8 Å². The van der Waals surface area contributed by atoms with Crippen LogP contribution in [0.15, 0.2) is 47.4 Å². The van der Waals surface area contributed by atoms with Crippen molar-refractivity contribution in [1.29, 1.82) is 0 Å². The summed E-state index contributed by atoms with van der Waals surface area (Å²) in [6, 6.07) is 9.25. The fraction of sp³-hybridized carbons (Fsp3) is 0.333. The summed E-state index contributed by atoms with van der Waals surface area (Å²) in [4.78, 5) is 30.6. The Balaban J connectivity index is 1.51. The Morgan fingerprint density at radius 3 is 2.45 bits per heavy atom. The quantitative estimate of drug-likeness (QED) is 0.541. The van der Waals surface area contributed by atoms with Crippen LogP contribution in [0.3, 0.4) is 0 Å². The minimum atomic E-state index is -4.68. The molecule has 0 saturated carbocycles. The minimum absolute atomic E-state index is 0.128. The van der Waals surface area contributed by atoms with Crippen molar-refractivity contribution in [2.24, 2.45) is 0 Å². The first kappa shape index (κ1) is 21.5. The van der Waals surface area contributed by atoms with Gasteiger partial charge in [-0.05, 0) is 55.5 Å². The van der Waals surface area contributed by atoms with Gasteiger partial charge in [0.05, 0.1) is 23.2 Å². The summed E-state index contributed by atoms with van der Waals surface area (Å²) in [5.74, 6) is -0.953. The molecule has 2 fully saturated rings. The summed E-state index contributed by atoms with van der Waals surface area (Å²) in [5, 5.41) is 11.9. The number of halogens is 3. The molecule has 0 aliphatic carbocycles. The smallest absolute Gasteiger partial charge is 0.392 e. The van der Waals surface area contributed by atoms with Crippen LogP contribution >= 0.6 is 0 Å². The number of carbonyl (C=O) groups excluding carboxylic acids is 1. The molecule has 3 N–H and O–H groups in total. The zero-order valence-electron chi connectivity index (χ0n) is 17.6. The lowest BCUT2D eigenvalue weighted by atomic mass is 10.0. The normalized spacial score (nSPS) is 19.9. The van der Waals surface area contributed by atoms with Crippen molar-refractivity contribution < 1.29 is 23.1 Å². The van der Waals surface area contributed by atoms with E-state index in [-0.39, 0.29) is 23.0 Å². The van der Waals surface area contributed by atoms with E-state index in [2.05, 4.69) is 15.2 Å². The predicted molar refractivity (Wildman–Crippen MR) is 118 cm³/mol. The molecule has 2 aromatic carbocycles. The van der Waals surface area contributed by atoms with Crippen molar-refractivity contribution in [1.82, 2.24) is 4.98 Å². The molecule has 9 heteroatoms. The molecule has 3 heterocycles. The Kier molecular flexibility index (Phi) is 5.16. The Morgan fingerprint density at radius 2 is 1.82 bits per heavy atom. The van der Waals surface area contributed by atoms with Gasteiger partial charge < -0.3 is 20.3 Å². The van der Waals surface area contributed by atoms with Gasteiger partial charge in [-0.2, -0.15) is 13.2 Å². The fourth-order valence-electron chi connectivity index (χ4n) is 5.20. The van der Waals surface area contributed by atoms with Gasteiger partial charge in [0.15, 0.2) is 0 Å². The van der Waals surface area contributed by atoms with Crippen LogP contribution in [0.4, 0.5) is 24.5 Å². The molecule has 2 saturated heterocycles. The number of rotatable bonds is 4. The first-order valence-electron chi connectivity index (χ1n) is 10.8. The molecule has 0 unspecified atom stereocenters. The number of anilines is 2. The summed E-state index contributed by atoms with van der Waals surface area (Å²) < 4.78 is 41.7. The zero-order chi connectivity index (χ0) is 23.3. The lowest BCUT2D eigenvalue weighted by molar-refractivity contribution is -0.136.